The minimum atomic E-state index is -4.93. The molecule has 3 atom stereocenters. The van der Waals surface area contributed by atoms with Crippen LogP contribution in [-0.4, -0.2) is 66.5 Å². The molecule has 0 radical (unpaired) electrons. The van der Waals surface area contributed by atoms with Crippen LogP contribution in [0.3, 0.4) is 0 Å². The van der Waals surface area contributed by atoms with Crippen molar-refractivity contribution in [3.63, 3.8) is 0 Å². The van der Waals surface area contributed by atoms with Crippen LogP contribution in [-0.2, 0) is 14.8 Å². The van der Waals surface area contributed by atoms with Crippen molar-refractivity contribution in [2.24, 2.45) is 10.3 Å². The van der Waals surface area contributed by atoms with Crippen molar-refractivity contribution in [3.05, 3.63) is 72.8 Å². The zero-order valence-electron chi connectivity index (χ0n) is 23.5. The first-order valence-electron chi connectivity index (χ1n) is 13.4. The number of benzene rings is 3. The smallest absolute Gasteiger partial charge is 0.444 e. The van der Waals surface area contributed by atoms with E-state index in [2.05, 4.69) is 9.13 Å². The van der Waals surface area contributed by atoms with E-state index in [9.17, 15) is 31.5 Å². The molecule has 2 heterocycles. The van der Waals surface area contributed by atoms with Gasteiger partial charge in [-0.15, -0.1) is 13.2 Å². The highest BCUT2D eigenvalue weighted by Gasteiger charge is 2.40. The number of sulfonamides is 1. The number of fused-ring (bicyclic) bond motifs is 3. The van der Waals surface area contributed by atoms with Gasteiger partial charge in [0.2, 0.25) is 0 Å². The molecular formula is C30H30F3N3O6S. The maximum Gasteiger partial charge on any atom is 0.573 e. The molecule has 1 N–H and O–H groups in total. The van der Waals surface area contributed by atoms with Gasteiger partial charge in [-0.25, -0.2) is 4.79 Å². The van der Waals surface area contributed by atoms with Crippen LogP contribution in [0.1, 0.15) is 26.8 Å². The Bertz CT molecular complexity index is 1730. The van der Waals surface area contributed by atoms with Crippen LogP contribution in [0.15, 0.2) is 82.1 Å². The summed E-state index contributed by atoms with van der Waals surface area (Å²) in [6.45, 7) is 5.18. The fourth-order valence-corrected chi connectivity index (χ4v) is 6.16. The molecule has 4 aromatic rings. The van der Waals surface area contributed by atoms with Crippen LogP contribution in [0.5, 0.6) is 5.75 Å². The number of aromatic nitrogens is 1. The molecule has 43 heavy (non-hydrogen) atoms. The molecular weight excluding hydrogens is 587 g/mol. The van der Waals surface area contributed by atoms with Crippen molar-refractivity contribution >= 4 is 44.1 Å². The lowest BCUT2D eigenvalue weighted by molar-refractivity contribution is -0.274. The molecule has 9 nitrogen and oxygen atoms in total. The van der Waals surface area contributed by atoms with E-state index in [1.165, 1.54) is 4.90 Å². The zero-order chi connectivity index (χ0) is 31.2. The maximum absolute atomic E-state index is 13.2. The SMILES string of the molecule is CC(C)(C)OC(=O)N1CC(C=NS(=O)(=O)c2ccc(OC(F)(F)F)cc2)[C@H](O)[C@@H](n2c3ccccc3c3ccccc32)C1. The summed E-state index contributed by atoms with van der Waals surface area (Å²) < 4.78 is 78.6. The first kappa shape index (κ1) is 30.4. The summed E-state index contributed by atoms with van der Waals surface area (Å²) in [5.74, 6) is -1.52. The Labute approximate surface area is 246 Å². The van der Waals surface area contributed by atoms with Crippen LogP contribution < -0.4 is 4.74 Å². The number of piperidine rings is 1. The van der Waals surface area contributed by atoms with Gasteiger partial charge in [0.05, 0.1) is 17.0 Å². The van der Waals surface area contributed by atoms with Crippen molar-refractivity contribution in [1.82, 2.24) is 9.47 Å². The molecule has 1 aliphatic rings. The molecule has 3 aromatic carbocycles. The summed E-state index contributed by atoms with van der Waals surface area (Å²) in [4.78, 5) is 14.3. The first-order chi connectivity index (χ1) is 20.1. The van der Waals surface area contributed by atoms with Crippen LogP contribution in [0.2, 0.25) is 0 Å². The molecule has 5 rings (SSSR count). The largest absolute Gasteiger partial charge is 0.573 e. The molecule has 1 aromatic heterocycles. The number of halogens is 3. The van der Waals surface area contributed by atoms with Crippen LogP contribution in [0.25, 0.3) is 21.8 Å². The minimum absolute atomic E-state index is 0.0799. The van der Waals surface area contributed by atoms with E-state index in [1.54, 1.807) is 20.8 Å². The molecule has 228 valence electrons. The third-order valence-corrected chi connectivity index (χ3v) is 8.29. The Hall–Kier alpha value is -4.10. The normalized spacial score (nSPS) is 20.2. The molecule has 0 saturated carbocycles. The van der Waals surface area contributed by atoms with Gasteiger partial charge in [-0.2, -0.15) is 12.8 Å². The fourth-order valence-electron chi connectivity index (χ4n) is 5.24. The van der Waals surface area contributed by atoms with Gasteiger partial charge in [0.25, 0.3) is 10.0 Å². The average molecular weight is 618 g/mol. The van der Waals surface area contributed by atoms with E-state index in [0.29, 0.717) is 0 Å². The Kier molecular flexibility index (Phi) is 7.90. The Morgan fingerprint density at radius 2 is 1.49 bits per heavy atom. The predicted molar refractivity (Wildman–Crippen MR) is 155 cm³/mol. The van der Waals surface area contributed by atoms with E-state index in [4.69, 9.17) is 4.74 Å². The number of carbonyl (C=O) groups excluding carboxylic acids is 1. The summed E-state index contributed by atoms with van der Waals surface area (Å²) in [6.07, 6.45) is -5.66. The highest BCUT2D eigenvalue weighted by Crippen LogP contribution is 2.37. The van der Waals surface area contributed by atoms with Gasteiger partial charge in [-0.05, 0) is 57.2 Å². The minimum Gasteiger partial charge on any atom is -0.444 e. The predicted octanol–water partition coefficient (Wildman–Crippen LogP) is 5.92. The monoisotopic (exact) mass is 617 g/mol. The lowest BCUT2D eigenvalue weighted by atomic mass is 9.91. The molecule has 1 unspecified atom stereocenters. The number of aliphatic hydroxyl groups is 1. The number of para-hydroxylation sites is 2. The number of likely N-dealkylation sites (tertiary alicyclic amines) is 1. The molecule has 1 amide bonds. The van der Waals surface area contributed by atoms with Crippen molar-refractivity contribution < 1.29 is 41.0 Å². The molecule has 1 saturated heterocycles. The van der Waals surface area contributed by atoms with Gasteiger partial charge in [-0.1, -0.05) is 36.4 Å². The Balaban J connectivity index is 1.51. The molecule has 1 aliphatic heterocycles. The van der Waals surface area contributed by atoms with E-state index < -0.39 is 51.9 Å². The third kappa shape index (κ3) is 6.62. The number of nitrogens with zero attached hydrogens (tertiary/aromatic N) is 3. The van der Waals surface area contributed by atoms with Crippen LogP contribution >= 0.6 is 0 Å². The maximum atomic E-state index is 13.2. The number of hydrogen-bond donors (Lipinski definition) is 1. The highest BCUT2D eigenvalue weighted by atomic mass is 32.2. The quantitative estimate of drug-likeness (QED) is 0.279. The fraction of sp³-hybridized carbons (Fsp3) is 0.333. The lowest BCUT2D eigenvalue weighted by Crippen LogP contribution is -2.53. The van der Waals surface area contributed by atoms with Crippen LogP contribution in [0.4, 0.5) is 18.0 Å². The molecule has 0 bridgehead atoms. The van der Waals surface area contributed by atoms with E-state index in [1.807, 2.05) is 53.1 Å². The van der Waals surface area contributed by atoms with E-state index in [0.717, 1.165) is 52.3 Å². The van der Waals surface area contributed by atoms with Gasteiger partial charge >= 0.3 is 12.5 Å². The summed E-state index contributed by atoms with van der Waals surface area (Å²) >= 11 is 0. The summed E-state index contributed by atoms with van der Waals surface area (Å²) in [7, 11) is -4.37. The van der Waals surface area contributed by atoms with Crippen molar-refractivity contribution in [2.45, 2.75) is 49.8 Å². The Morgan fingerprint density at radius 3 is 2.02 bits per heavy atom. The molecule has 0 aliphatic carbocycles. The number of aliphatic hydroxyl groups excluding tert-OH is 1. The van der Waals surface area contributed by atoms with Crippen LogP contribution in [0, 0.1) is 5.92 Å². The highest BCUT2D eigenvalue weighted by molar-refractivity contribution is 7.90. The van der Waals surface area contributed by atoms with Gasteiger partial charge in [0.1, 0.15) is 11.4 Å². The van der Waals surface area contributed by atoms with Crippen molar-refractivity contribution in [2.75, 3.05) is 13.1 Å². The second-order valence-electron chi connectivity index (χ2n) is 11.3. The van der Waals surface area contributed by atoms with Gasteiger partial charge in [0.15, 0.2) is 0 Å². The number of hydrogen-bond acceptors (Lipinski definition) is 6. The number of ether oxygens (including phenoxy) is 2. The first-order valence-corrected chi connectivity index (χ1v) is 14.9. The second kappa shape index (κ2) is 11.2. The topological polar surface area (TPSA) is 110 Å². The summed E-state index contributed by atoms with van der Waals surface area (Å²) in [6, 6.07) is 18.2. The van der Waals surface area contributed by atoms with Crippen molar-refractivity contribution in [3.8, 4) is 5.75 Å². The number of alkyl halides is 3. The standard InChI is InChI=1S/C30H30F3N3O6S/c1-29(2,3)42-28(38)35-17-19(16-34-43(39,40)21-14-12-20(13-15-21)41-30(31,32)33)27(37)26(18-35)36-24-10-6-4-8-22(24)23-9-5-7-11-25(23)36/h4-16,19,26-27,37H,17-18H2,1-3H3/t19?,26-,27-/m0/s1. The van der Waals surface area contributed by atoms with Crippen molar-refractivity contribution in [1.29, 1.82) is 0 Å². The number of carbonyl (C=O) groups is 1. The average Bonchev–Trinajstić information content (AvgIpc) is 3.25. The molecule has 13 heteroatoms. The molecule has 0 spiro atoms. The zero-order valence-corrected chi connectivity index (χ0v) is 24.3. The molecule has 1 fully saturated rings. The second-order valence-corrected chi connectivity index (χ2v) is 12.9. The Morgan fingerprint density at radius 1 is 0.930 bits per heavy atom. The van der Waals surface area contributed by atoms with E-state index in [-0.39, 0.29) is 18.0 Å². The number of rotatable bonds is 5. The summed E-state index contributed by atoms with van der Waals surface area (Å²) in [5.41, 5.74) is 0.844. The third-order valence-electron chi connectivity index (χ3n) is 7.02. The van der Waals surface area contributed by atoms with Gasteiger partial charge in [0, 0.05) is 47.0 Å². The van der Waals surface area contributed by atoms with Gasteiger partial charge in [-0.3, -0.25) is 0 Å². The van der Waals surface area contributed by atoms with Gasteiger partial charge < -0.3 is 24.0 Å². The summed E-state index contributed by atoms with van der Waals surface area (Å²) in [5, 5.41) is 13.6. The lowest BCUT2D eigenvalue weighted by Gasteiger charge is -2.41. The van der Waals surface area contributed by atoms with E-state index >= 15 is 0 Å². The number of amides is 1.